The van der Waals surface area contributed by atoms with Gasteiger partial charge in [-0.2, -0.15) is 13.2 Å². The van der Waals surface area contributed by atoms with Gasteiger partial charge in [0.1, 0.15) is 24.0 Å². The highest BCUT2D eigenvalue weighted by Crippen LogP contribution is 2.40. The van der Waals surface area contributed by atoms with E-state index in [1.165, 1.54) is 24.1 Å². The molecule has 168 valence electrons. The average molecular weight is 449 g/mol. The number of nitrogens with two attached hydrogens (primary N) is 1. The maximum Gasteiger partial charge on any atom is 0.416 e. The number of nitrogens with zero attached hydrogens (tertiary/aromatic N) is 2. The van der Waals surface area contributed by atoms with Crippen molar-refractivity contribution >= 4 is 22.6 Å². The van der Waals surface area contributed by atoms with Gasteiger partial charge in [-0.05, 0) is 30.7 Å². The molecule has 6 nitrogen and oxygen atoms in total. The van der Waals surface area contributed by atoms with Gasteiger partial charge in [0.2, 0.25) is 0 Å². The molecule has 0 fully saturated rings. The highest BCUT2D eigenvalue weighted by atomic mass is 19.4. The van der Waals surface area contributed by atoms with Gasteiger partial charge >= 0.3 is 6.18 Å². The minimum absolute atomic E-state index is 0.0339. The van der Waals surface area contributed by atoms with Gasteiger partial charge < -0.3 is 20.5 Å². The van der Waals surface area contributed by atoms with Crippen molar-refractivity contribution in [3.63, 3.8) is 0 Å². The van der Waals surface area contributed by atoms with Gasteiger partial charge in [0.15, 0.2) is 0 Å². The molecule has 2 heterocycles. The van der Waals surface area contributed by atoms with Crippen LogP contribution in [0.4, 0.5) is 23.4 Å². The number of carbonyl (C=O) groups excluding carboxylic acids is 1. The Hall–Kier alpha value is -3.40. The molecule has 10 heteroatoms. The number of hydrogen-bond donors (Lipinski definition) is 2. The highest BCUT2D eigenvalue weighted by Gasteiger charge is 2.36. The van der Waals surface area contributed by atoms with Crippen molar-refractivity contribution in [1.29, 1.82) is 0 Å². The van der Waals surface area contributed by atoms with E-state index in [0.29, 0.717) is 22.1 Å². The Morgan fingerprint density at radius 2 is 2.03 bits per heavy atom. The lowest BCUT2D eigenvalue weighted by Gasteiger charge is -2.24. The number of rotatable bonds is 3. The summed E-state index contributed by atoms with van der Waals surface area (Å²) in [7, 11) is 1.43. The first-order valence-corrected chi connectivity index (χ1v) is 9.63. The normalized spacial score (nSPS) is 15.5. The summed E-state index contributed by atoms with van der Waals surface area (Å²) in [6.45, 7) is 1.26. The van der Waals surface area contributed by atoms with Crippen LogP contribution in [0, 0.1) is 12.7 Å². The Balaban J connectivity index is 1.71. The maximum atomic E-state index is 14.8. The lowest BCUT2D eigenvalue weighted by molar-refractivity contribution is -0.137. The molecular weight excluding hydrogens is 430 g/mol. The minimum atomic E-state index is -4.52. The maximum absolute atomic E-state index is 14.8. The van der Waals surface area contributed by atoms with Crippen molar-refractivity contribution in [3.8, 4) is 5.75 Å². The SMILES string of the molecule is Cc1c(CO)c(N)nc2cc(F)c(C(=O)N(C)[C@@H]3COc4cc(C(F)(F)F)ccc43)cc12. The Labute approximate surface area is 180 Å². The molecule has 32 heavy (non-hydrogen) atoms. The largest absolute Gasteiger partial charge is 0.491 e. The average Bonchev–Trinajstić information content (AvgIpc) is 3.15. The quantitative estimate of drug-likeness (QED) is 0.591. The minimum Gasteiger partial charge on any atom is -0.491 e. The second kappa shape index (κ2) is 7.63. The number of aliphatic hydroxyl groups is 1. The standard InChI is InChI=1S/C22H19F4N3O3/c1-10-13-6-14(16(23)7-17(13)28-20(27)15(10)8-30)21(31)29(2)18-9-32-19-5-11(22(24,25)26)3-4-12(18)19/h3-7,18,30H,8-9H2,1-2H3,(H2,27,28)/t18-/m1/s1. The van der Waals surface area contributed by atoms with Crippen LogP contribution in [0.1, 0.15) is 38.7 Å². The van der Waals surface area contributed by atoms with Crippen LogP contribution >= 0.6 is 0 Å². The Morgan fingerprint density at radius 3 is 2.69 bits per heavy atom. The lowest BCUT2D eigenvalue weighted by Crippen LogP contribution is -2.32. The van der Waals surface area contributed by atoms with Crippen molar-refractivity contribution in [1.82, 2.24) is 9.88 Å². The second-order valence-electron chi connectivity index (χ2n) is 7.60. The van der Waals surface area contributed by atoms with Crippen LogP contribution in [0.3, 0.4) is 0 Å². The molecule has 1 aromatic heterocycles. The Morgan fingerprint density at radius 1 is 1.31 bits per heavy atom. The van der Waals surface area contributed by atoms with Crippen LogP contribution < -0.4 is 10.5 Å². The van der Waals surface area contributed by atoms with E-state index in [2.05, 4.69) is 4.98 Å². The van der Waals surface area contributed by atoms with Crippen LogP contribution in [-0.4, -0.2) is 34.6 Å². The van der Waals surface area contributed by atoms with Crippen molar-refractivity contribution < 1.29 is 32.2 Å². The van der Waals surface area contributed by atoms with E-state index in [0.717, 1.165) is 18.2 Å². The van der Waals surface area contributed by atoms with E-state index >= 15 is 0 Å². The van der Waals surface area contributed by atoms with Crippen LogP contribution in [-0.2, 0) is 12.8 Å². The molecule has 0 aliphatic carbocycles. The number of likely N-dealkylation sites (N-methyl/N-ethyl adjacent to an activating group) is 1. The molecular formula is C22H19F4N3O3. The fourth-order valence-electron chi connectivity index (χ4n) is 3.89. The third-order valence-corrected chi connectivity index (χ3v) is 5.77. The third-order valence-electron chi connectivity index (χ3n) is 5.77. The van der Waals surface area contributed by atoms with Crippen molar-refractivity contribution in [2.75, 3.05) is 19.4 Å². The monoisotopic (exact) mass is 449 g/mol. The number of hydrogen-bond acceptors (Lipinski definition) is 5. The summed E-state index contributed by atoms with van der Waals surface area (Å²) in [4.78, 5) is 18.4. The van der Waals surface area contributed by atoms with Gasteiger partial charge in [-0.25, -0.2) is 9.37 Å². The molecule has 1 atom stereocenters. The number of carbonyl (C=O) groups is 1. The van der Waals surface area contributed by atoms with Crippen LogP contribution in [0.2, 0.25) is 0 Å². The number of aryl methyl sites for hydroxylation is 1. The lowest BCUT2D eigenvalue weighted by atomic mass is 10.00. The zero-order valence-electron chi connectivity index (χ0n) is 17.1. The van der Waals surface area contributed by atoms with E-state index in [1.807, 2.05) is 0 Å². The van der Waals surface area contributed by atoms with Crippen molar-refractivity contribution in [3.05, 3.63) is 64.0 Å². The van der Waals surface area contributed by atoms with Crippen LogP contribution in [0.25, 0.3) is 10.9 Å². The number of ether oxygens (including phenoxy) is 1. The van der Waals surface area contributed by atoms with E-state index in [4.69, 9.17) is 10.5 Å². The highest BCUT2D eigenvalue weighted by molar-refractivity contribution is 5.99. The van der Waals surface area contributed by atoms with E-state index in [9.17, 15) is 27.5 Å². The molecule has 0 spiro atoms. The molecule has 2 aromatic carbocycles. The second-order valence-corrected chi connectivity index (χ2v) is 7.60. The van der Waals surface area contributed by atoms with Gasteiger partial charge in [-0.15, -0.1) is 0 Å². The first-order valence-electron chi connectivity index (χ1n) is 9.63. The summed E-state index contributed by atoms with van der Waals surface area (Å²) < 4.78 is 59.1. The van der Waals surface area contributed by atoms with Crippen LogP contribution in [0.15, 0.2) is 30.3 Å². The zero-order chi connectivity index (χ0) is 23.4. The molecule has 4 rings (SSSR count). The number of halogens is 4. The molecule has 1 amide bonds. The molecule has 0 radical (unpaired) electrons. The smallest absolute Gasteiger partial charge is 0.416 e. The predicted octanol–water partition coefficient (Wildman–Crippen LogP) is 3.98. The van der Waals surface area contributed by atoms with Gasteiger partial charge in [-0.3, -0.25) is 4.79 Å². The first kappa shape index (κ1) is 21.8. The zero-order valence-corrected chi connectivity index (χ0v) is 17.1. The van der Waals surface area contributed by atoms with Gasteiger partial charge in [0.25, 0.3) is 5.91 Å². The molecule has 3 N–H and O–H groups in total. The number of fused-ring (bicyclic) bond motifs is 2. The first-order chi connectivity index (χ1) is 15.0. The number of alkyl halides is 3. The molecule has 3 aromatic rings. The summed E-state index contributed by atoms with van der Waals surface area (Å²) in [6, 6.07) is 4.82. The number of amides is 1. The number of nitrogen functional groups attached to an aromatic ring is 1. The molecule has 1 aliphatic heterocycles. The van der Waals surface area contributed by atoms with E-state index in [1.54, 1.807) is 6.92 Å². The summed E-state index contributed by atoms with van der Waals surface area (Å²) >= 11 is 0. The number of aliphatic hydroxyl groups excluding tert-OH is 1. The fraction of sp³-hybridized carbons (Fsp3) is 0.273. The molecule has 1 aliphatic rings. The number of pyridine rings is 1. The molecule has 0 saturated heterocycles. The van der Waals surface area contributed by atoms with Gasteiger partial charge in [0, 0.05) is 29.6 Å². The number of anilines is 1. The van der Waals surface area contributed by atoms with Crippen molar-refractivity contribution in [2.45, 2.75) is 25.7 Å². The number of benzene rings is 2. The number of aromatic nitrogens is 1. The fourth-order valence-corrected chi connectivity index (χ4v) is 3.89. The third kappa shape index (κ3) is 3.50. The summed E-state index contributed by atoms with van der Waals surface area (Å²) in [5, 5.41) is 9.99. The van der Waals surface area contributed by atoms with Crippen molar-refractivity contribution in [2.24, 2.45) is 0 Å². The van der Waals surface area contributed by atoms with E-state index in [-0.39, 0.29) is 35.9 Å². The Bertz CT molecular complexity index is 1240. The van der Waals surface area contributed by atoms with Gasteiger partial charge in [0.05, 0.1) is 29.3 Å². The topological polar surface area (TPSA) is 88.7 Å². The molecule has 0 bridgehead atoms. The van der Waals surface area contributed by atoms with Crippen LogP contribution in [0.5, 0.6) is 5.75 Å². The van der Waals surface area contributed by atoms with Gasteiger partial charge in [-0.1, -0.05) is 6.07 Å². The van der Waals surface area contributed by atoms with E-state index < -0.39 is 29.5 Å². The summed E-state index contributed by atoms with van der Waals surface area (Å²) in [5.41, 5.74) is 6.31. The summed E-state index contributed by atoms with van der Waals surface area (Å²) in [5.74, 6) is -1.38. The predicted molar refractivity (Wildman–Crippen MR) is 109 cm³/mol. The Kier molecular flexibility index (Phi) is 5.20. The summed E-state index contributed by atoms with van der Waals surface area (Å²) in [6.07, 6.45) is -4.52. The molecule has 0 saturated carbocycles. The molecule has 0 unspecified atom stereocenters.